The molecule has 0 rings (SSSR count). The van der Waals surface area contributed by atoms with Crippen molar-refractivity contribution in [2.24, 2.45) is 5.92 Å². The molecule has 0 aliphatic carbocycles. The van der Waals surface area contributed by atoms with Gasteiger partial charge in [0.15, 0.2) is 0 Å². The van der Waals surface area contributed by atoms with Gasteiger partial charge in [-0.25, -0.2) is 0 Å². The maximum absolute atomic E-state index is 5.56. The van der Waals surface area contributed by atoms with Gasteiger partial charge in [0.25, 0.3) is 7.42 Å². The Bertz CT molecular complexity index is 57.2. The van der Waals surface area contributed by atoms with Crippen molar-refractivity contribution in [3.05, 3.63) is 0 Å². The molecule has 0 N–H and O–H groups in total. The lowest BCUT2D eigenvalue weighted by molar-refractivity contribution is 0.741. The number of rotatable bonds is 3. The molecule has 0 amide bonds. The van der Waals surface area contributed by atoms with Crippen molar-refractivity contribution in [1.82, 2.24) is 0 Å². The van der Waals surface area contributed by atoms with E-state index < -0.39 is 7.42 Å². The summed E-state index contributed by atoms with van der Waals surface area (Å²) in [5.74, 6) is 1.13. The molecular formula is C4H8Cl3Si. The highest BCUT2D eigenvalue weighted by Crippen LogP contribution is 2.13. The van der Waals surface area contributed by atoms with Crippen molar-refractivity contribution >= 4 is 41.2 Å². The van der Waals surface area contributed by atoms with E-state index in [1.54, 1.807) is 0 Å². The molecule has 0 aromatic rings. The van der Waals surface area contributed by atoms with Gasteiger partial charge in [0.1, 0.15) is 0 Å². The van der Waals surface area contributed by atoms with Crippen LogP contribution in [0.1, 0.15) is 6.92 Å². The normalized spacial score (nSPS) is 14.6. The molecule has 1 unspecified atom stereocenters. The van der Waals surface area contributed by atoms with Gasteiger partial charge in [-0.3, -0.25) is 0 Å². The Kier molecular flexibility index (Phi) is 5.59. The predicted molar refractivity (Wildman–Crippen MR) is 42.2 cm³/mol. The highest BCUT2D eigenvalue weighted by Gasteiger charge is 2.08. The molecule has 0 bridgehead atoms. The highest BCUT2D eigenvalue weighted by atomic mass is 35.7. The Morgan fingerprint density at radius 2 is 2.00 bits per heavy atom. The fourth-order valence-electron chi connectivity index (χ4n) is 0.318. The minimum Gasteiger partial charge on any atom is -0.147 e. The van der Waals surface area contributed by atoms with Crippen LogP contribution in [-0.2, 0) is 0 Å². The van der Waals surface area contributed by atoms with E-state index in [2.05, 4.69) is 0 Å². The first-order valence-corrected chi connectivity index (χ1v) is 6.66. The topological polar surface area (TPSA) is 0 Å². The molecule has 0 heterocycles. The molecule has 0 aromatic heterocycles. The first kappa shape index (κ1) is 9.09. The van der Waals surface area contributed by atoms with E-state index in [4.69, 9.17) is 33.8 Å². The summed E-state index contributed by atoms with van der Waals surface area (Å²) in [4.78, 5) is 0. The molecule has 0 aliphatic heterocycles. The Balaban J connectivity index is 3.10. The average Bonchev–Trinajstić information content (AvgIpc) is 1.65. The number of hydrogen-bond donors (Lipinski definition) is 0. The van der Waals surface area contributed by atoms with Crippen LogP contribution < -0.4 is 0 Å². The Morgan fingerprint density at radius 3 is 2.12 bits per heavy atom. The molecule has 0 aromatic carbocycles. The van der Waals surface area contributed by atoms with Gasteiger partial charge in [-0.2, -0.15) is 0 Å². The molecule has 0 saturated heterocycles. The van der Waals surface area contributed by atoms with Gasteiger partial charge in [-0.05, 0) is 12.0 Å². The van der Waals surface area contributed by atoms with Crippen molar-refractivity contribution in [3.63, 3.8) is 0 Å². The number of halogens is 3. The largest absolute Gasteiger partial charge is 0.274 e. The molecular weight excluding hydrogens is 182 g/mol. The van der Waals surface area contributed by atoms with Gasteiger partial charge in [0.2, 0.25) is 0 Å². The monoisotopic (exact) mass is 189 g/mol. The fourth-order valence-corrected chi connectivity index (χ4v) is 2.86. The van der Waals surface area contributed by atoms with Gasteiger partial charge in [-0.1, -0.05) is 6.92 Å². The highest BCUT2D eigenvalue weighted by molar-refractivity contribution is 7.33. The van der Waals surface area contributed by atoms with E-state index in [9.17, 15) is 0 Å². The van der Waals surface area contributed by atoms with Crippen LogP contribution in [0.25, 0.3) is 0 Å². The average molecular weight is 191 g/mol. The summed E-state index contributed by atoms with van der Waals surface area (Å²) >= 11 is 16.6. The molecule has 0 spiro atoms. The van der Waals surface area contributed by atoms with Crippen LogP contribution >= 0.6 is 33.8 Å². The predicted octanol–water partition coefficient (Wildman–Crippen LogP) is 2.83. The second-order valence-electron chi connectivity index (χ2n) is 1.80. The Labute approximate surface area is 66.1 Å². The lowest BCUT2D eigenvalue weighted by Crippen LogP contribution is -2.02. The minimum absolute atomic E-state index is 0.473. The minimum atomic E-state index is -1.09. The summed E-state index contributed by atoms with van der Waals surface area (Å²) in [7, 11) is -1.09. The summed E-state index contributed by atoms with van der Waals surface area (Å²) < 4.78 is 0. The van der Waals surface area contributed by atoms with Gasteiger partial charge in [0.05, 0.1) is 0 Å². The van der Waals surface area contributed by atoms with E-state index in [-0.39, 0.29) is 0 Å². The molecule has 0 aliphatic rings. The maximum atomic E-state index is 5.56. The van der Waals surface area contributed by atoms with Crippen LogP contribution in [0, 0.1) is 5.92 Å². The maximum Gasteiger partial charge on any atom is 0.274 e. The molecule has 4 heteroatoms. The van der Waals surface area contributed by atoms with Gasteiger partial charge in [0, 0.05) is 5.88 Å². The Hall–Kier alpha value is 1.09. The lowest BCUT2D eigenvalue weighted by atomic mass is 10.3. The zero-order chi connectivity index (χ0) is 6.57. The lowest BCUT2D eigenvalue weighted by Gasteiger charge is -2.03. The SMILES string of the molecule is CC(CCl)C[Si](Cl)Cl. The molecule has 0 saturated carbocycles. The van der Waals surface area contributed by atoms with Crippen molar-refractivity contribution in [2.75, 3.05) is 5.88 Å². The third-order valence-electron chi connectivity index (χ3n) is 0.766. The first-order valence-electron chi connectivity index (χ1n) is 2.39. The summed E-state index contributed by atoms with van der Waals surface area (Å²) in [6, 6.07) is 0.886. The molecule has 1 radical (unpaired) electrons. The summed E-state index contributed by atoms with van der Waals surface area (Å²) in [5, 5.41) is 0. The van der Waals surface area contributed by atoms with Crippen LogP contribution in [0.5, 0.6) is 0 Å². The van der Waals surface area contributed by atoms with Crippen LogP contribution in [0.4, 0.5) is 0 Å². The van der Waals surface area contributed by atoms with Crippen LogP contribution in [0.2, 0.25) is 6.04 Å². The quantitative estimate of drug-likeness (QED) is 0.365. The van der Waals surface area contributed by atoms with Crippen molar-refractivity contribution < 1.29 is 0 Å². The number of hydrogen-bond acceptors (Lipinski definition) is 0. The van der Waals surface area contributed by atoms with Crippen molar-refractivity contribution in [3.8, 4) is 0 Å². The van der Waals surface area contributed by atoms with E-state index >= 15 is 0 Å². The van der Waals surface area contributed by atoms with Crippen LogP contribution in [0.15, 0.2) is 0 Å². The van der Waals surface area contributed by atoms with Crippen LogP contribution in [-0.4, -0.2) is 13.3 Å². The van der Waals surface area contributed by atoms with E-state index in [0.29, 0.717) is 11.8 Å². The smallest absolute Gasteiger partial charge is 0.147 e. The third kappa shape index (κ3) is 5.23. The summed E-state index contributed by atoms with van der Waals surface area (Å²) in [6.07, 6.45) is 0. The van der Waals surface area contributed by atoms with Crippen LogP contribution in [0.3, 0.4) is 0 Å². The van der Waals surface area contributed by atoms with E-state index in [1.165, 1.54) is 0 Å². The summed E-state index contributed by atoms with van der Waals surface area (Å²) in [6.45, 7) is 2.04. The fraction of sp³-hybridized carbons (Fsp3) is 1.00. The van der Waals surface area contributed by atoms with E-state index in [1.807, 2.05) is 6.92 Å². The second kappa shape index (κ2) is 4.92. The van der Waals surface area contributed by atoms with E-state index in [0.717, 1.165) is 6.04 Å². The van der Waals surface area contributed by atoms with Gasteiger partial charge < -0.3 is 0 Å². The molecule has 49 valence electrons. The van der Waals surface area contributed by atoms with Gasteiger partial charge >= 0.3 is 0 Å². The first-order chi connectivity index (χ1) is 3.66. The molecule has 8 heavy (non-hydrogen) atoms. The Morgan fingerprint density at radius 1 is 1.50 bits per heavy atom. The van der Waals surface area contributed by atoms with Gasteiger partial charge in [-0.15, -0.1) is 33.8 Å². The second-order valence-corrected chi connectivity index (χ2v) is 6.51. The zero-order valence-corrected chi connectivity index (χ0v) is 7.89. The third-order valence-corrected chi connectivity index (χ3v) is 3.22. The molecule has 0 fully saturated rings. The molecule has 0 nitrogen and oxygen atoms in total. The standard InChI is InChI=1S/C4H8Cl3Si/c1-4(2-5)3-8(6)7/h4H,2-3H2,1H3. The van der Waals surface area contributed by atoms with Crippen molar-refractivity contribution in [1.29, 1.82) is 0 Å². The zero-order valence-electron chi connectivity index (χ0n) is 4.63. The van der Waals surface area contributed by atoms with Crippen molar-refractivity contribution in [2.45, 2.75) is 13.0 Å². The summed E-state index contributed by atoms with van der Waals surface area (Å²) in [5.41, 5.74) is 0. The number of alkyl halides is 1. The molecule has 1 atom stereocenters.